The Kier molecular flexibility index (Phi) is 13.5. The van der Waals surface area contributed by atoms with Crippen LogP contribution in [0.15, 0.2) is 29.3 Å². The van der Waals surface area contributed by atoms with E-state index in [4.69, 9.17) is 15.9 Å². The maximum atomic E-state index is 12.6. The van der Waals surface area contributed by atoms with E-state index >= 15 is 0 Å². The van der Waals surface area contributed by atoms with Crippen LogP contribution in [0.3, 0.4) is 0 Å². The highest BCUT2D eigenvalue weighted by atomic mass is 16.4. The van der Waals surface area contributed by atoms with Crippen molar-refractivity contribution in [3.8, 4) is 0 Å². The van der Waals surface area contributed by atoms with Gasteiger partial charge in [0.15, 0.2) is 0 Å². The van der Waals surface area contributed by atoms with E-state index in [2.05, 4.69) is 20.9 Å². The fraction of sp³-hybridized carbons (Fsp3) is 0.522. The first-order chi connectivity index (χ1) is 17.8. The van der Waals surface area contributed by atoms with E-state index in [1.807, 2.05) is 0 Å². The highest BCUT2D eigenvalue weighted by Crippen LogP contribution is 2.11. The van der Waals surface area contributed by atoms with Gasteiger partial charge in [-0.1, -0.05) is 12.1 Å². The van der Waals surface area contributed by atoms with E-state index in [1.54, 1.807) is 12.1 Å². The van der Waals surface area contributed by atoms with Crippen molar-refractivity contribution in [2.45, 2.75) is 63.3 Å². The second-order valence-corrected chi connectivity index (χ2v) is 8.45. The van der Waals surface area contributed by atoms with E-state index in [1.165, 1.54) is 26.0 Å². The first kappa shape index (κ1) is 32.6. The molecule has 4 amide bonds. The van der Waals surface area contributed by atoms with Crippen molar-refractivity contribution in [2.24, 2.45) is 10.7 Å². The first-order valence-electron chi connectivity index (χ1n) is 11.6. The minimum Gasteiger partial charge on any atom is -0.394 e. The number of aliphatic imine (C=N–C) groups is 1. The lowest BCUT2D eigenvalue weighted by molar-refractivity contribution is -0.131. The molecular formula is C23H35N5O10. The van der Waals surface area contributed by atoms with Crippen molar-refractivity contribution in [3.05, 3.63) is 29.8 Å². The van der Waals surface area contributed by atoms with Crippen molar-refractivity contribution in [1.82, 2.24) is 10.6 Å². The summed E-state index contributed by atoms with van der Waals surface area (Å²) in [6.45, 7) is 0.613. The standard InChI is InChI=1S/C23H35N5O10/c1-11(25-16(9-30)19(34)20(35)17(32)10-31)21(36)26-12(2)22(37)28-15(7-18(24)33)23(38)27-14-5-3-13(8-29)4-6-14/h3-6,11-12,15,17,19-20,29-32,34-35H,7-10H2,1-2H3,(H2,24,33)(H,26,36)(H,27,38)(H,28,37)/b25-16+. The molecule has 0 fully saturated rings. The number of amides is 4. The van der Waals surface area contributed by atoms with Crippen LogP contribution < -0.4 is 21.7 Å². The van der Waals surface area contributed by atoms with Crippen LogP contribution in [0, 0.1) is 0 Å². The number of aliphatic hydroxyl groups excluding tert-OH is 6. The van der Waals surface area contributed by atoms with Crippen molar-refractivity contribution in [1.29, 1.82) is 0 Å². The number of benzene rings is 1. The van der Waals surface area contributed by atoms with Gasteiger partial charge in [-0.2, -0.15) is 0 Å². The third-order valence-electron chi connectivity index (χ3n) is 5.34. The maximum Gasteiger partial charge on any atom is 0.247 e. The van der Waals surface area contributed by atoms with Crippen LogP contribution in [-0.2, 0) is 25.8 Å². The second kappa shape index (κ2) is 15.7. The van der Waals surface area contributed by atoms with Gasteiger partial charge in [-0.15, -0.1) is 0 Å². The number of carbonyl (C=O) groups excluding carboxylic acids is 4. The lowest BCUT2D eigenvalue weighted by Gasteiger charge is -2.23. The van der Waals surface area contributed by atoms with Crippen LogP contribution in [0.5, 0.6) is 0 Å². The lowest BCUT2D eigenvalue weighted by atomic mass is 10.0. The fourth-order valence-corrected chi connectivity index (χ4v) is 3.06. The summed E-state index contributed by atoms with van der Waals surface area (Å²) >= 11 is 0. The summed E-state index contributed by atoms with van der Waals surface area (Å²) < 4.78 is 0. The number of nitrogens with zero attached hydrogens (tertiary/aromatic N) is 1. The van der Waals surface area contributed by atoms with Gasteiger partial charge in [0.25, 0.3) is 0 Å². The molecule has 15 heteroatoms. The van der Waals surface area contributed by atoms with E-state index in [9.17, 15) is 39.6 Å². The Morgan fingerprint density at radius 2 is 1.53 bits per heavy atom. The number of hydrogen-bond acceptors (Lipinski definition) is 11. The monoisotopic (exact) mass is 541 g/mol. The van der Waals surface area contributed by atoms with Crippen LogP contribution >= 0.6 is 0 Å². The van der Waals surface area contributed by atoms with Gasteiger partial charge >= 0.3 is 0 Å². The molecule has 1 aromatic rings. The molecule has 38 heavy (non-hydrogen) atoms. The molecule has 0 aliphatic heterocycles. The van der Waals surface area contributed by atoms with Gasteiger partial charge in [0.2, 0.25) is 23.6 Å². The summed E-state index contributed by atoms with van der Waals surface area (Å²) in [7, 11) is 0. The molecule has 212 valence electrons. The van der Waals surface area contributed by atoms with Gasteiger partial charge in [0, 0.05) is 5.69 Å². The zero-order valence-electron chi connectivity index (χ0n) is 20.9. The molecule has 15 nitrogen and oxygen atoms in total. The summed E-state index contributed by atoms with van der Waals surface area (Å²) in [5, 5.41) is 63.9. The smallest absolute Gasteiger partial charge is 0.247 e. The molecular weight excluding hydrogens is 506 g/mol. The quantitative estimate of drug-likeness (QED) is 0.0958. The van der Waals surface area contributed by atoms with Crippen molar-refractivity contribution in [2.75, 3.05) is 18.5 Å². The highest BCUT2D eigenvalue weighted by molar-refractivity contribution is 6.00. The molecule has 0 saturated heterocycles. The molecule has 0 heterocycles. The molecule has 0 aliphatic carbocycles. The third kappa shape index (κ3) is 10.1. The highest BCUT2D eigenvalue weighted by Gasteiger charge is 2.30. The Morgan fingerprint density at radius 3 is 2.03 bits per heavy atom. The van der Waals surface area contributed by atoms with E-state index in [0.29, 0.717) is 11.3 Å². The minimum atomic E-state index is -1.88. The lowest BCUT2D eigenvalue weighted by Crippen LogP contribution is -2.53. The Morgan fingerprint density at radius 1 is 0.921 bits per heavy atom. The van der Waals surface area contributed by atoms with Gasteiger partial charge in [-0.05, 0) is 31.5 Å². The molecule has 1 rings (SSSR count). The number of nitrogens with two attached hydrogens (primary N) is 1. The largest absolute Gasteiger partial charge is 0.394 e. The fourth-order valence-electron chi connectivity index (χ4n) is 3.06. The van der Waals surface area contributed by atoms with Crippen molar-refractivity contribution in [3.63, 3.8) is 0 Å². The van der Waals surface area contributed by atoms with Crippen LogP contribution in [0.25, 0.3) is 0 Å². The zero-order valence-corrected chi connectivity index (χ0v) is 20.9. The van der Waals surface area contributed by atoms with Gasteiger partial charge in [-0.3, -0.25) is 24.2 Å². The number of rotatable bonds is 15. The van der Waals surface area contributed by atoms with Crippen LogP contribution in [-0.4, -0.2) is 110 Å². The van der Waals surface area contributed by atoms with Gasteiger partial charge in [0.1, 0.15) is 36.4 Å². The predicted molar refractivity (Wildman–Crippen MR) is 133 cm³/mol. The third-order valence-corrected chi connectivity index (χ3v) is 5.34. The molecule has 0 radical (unpaired) electrons. The molecule has 0 saturated carbocycles. The normalized spacial score (nSPS) is 16.4. The SMILES string of the molecule is CC(/N=C(\CO)C(O)C(O)C(O)CO)C(=O)NC(C)C(=O)NC(CC(N)=O)C(=O)Nc1ccc(CO)cc1. The topological polar surface area (TPSA) is 264 Å². The van der Waals surface area contributed by atoms with Crippen molar-refractivity contribution >= 4 is 35.0 Å². The second-order valence-electron chi connectivity index (χ2n) is 8.45. The number of nitrogens with one attached hydrogen (secondary N) is 3. The summed E-state index contributed by atoms with van der Waals surface area (Å²) in [6.07, 6.45) is -6.02. The number of anilines is 1. The number of carbonyl (C=O) groups is 4. The maximum absolute atomic E-state index is 12.6. The molecule has 11 N–H and O–H groups in total. The molecule has 6 unspecified atom stereocenters. The van der Waals surface area contributed by atoms with E-state index in [0.717, 1.165) is 0 Å². The minimum absolute atomic E-state index is 0.196. The zero-order chi connectivity index (χ0) is 29.0. The molecule has 0 spiro atoms. The molecule has 0 aromatic heterocycles. The molecule has 1 aromatic carbocycles. The average Bonchev–Trinajstić information content (AvgIpc) is 2.89. The van der Waals surface area contributed by atoms with Gasteiger partial charge < -0.3 is 52.3 Å². The van der Waals surface area contributed by atoms with Crippen LogP contribution in [0.2, 0.25) is 0 Å². The average molecular weight is 542 g/mol. The molecule has 6 atom stereocenters. The summed E-state index contributed by atoms with van der Waals surface area (Å²) in [6, 6.07) is 2.29. The summed E-state index contributed by atoms with van der Waals surface area (Å²) in [5.41, 5.74) is 5.69. The predicted octanol–water partition coefficient (Wildman–Crippen LogP) is -4.12. The molecule has 0 bridgehead atoms. The van der Waals surface area contributed by atoms with Gasteiger partial charge in [-0.25, -0.2) is 0 Å². The van der Waals surface area contributed by atoms with Crippen molar-refractivity contribution < 1.29 is 49.8 Å². The van der Waals surface area contributed by atoms with Crippen LogP contribution in [0.4, 0.5) is 5.69 Å². The van der Waals surface area contributed by atoms with Gasteiger partial charge in [0.05, 0.1) is 32.0 Å². The summed E-state index contributed by atoms with van der Waals surface area (Å²) in [4.78, 5) is 53.0. The Hall–Kier alpha value is -3.47. The Balaban J connectivity index is 2.85. The Labute approximate surface area is 218 Å². The number of hydrogen-bond donors (Lipinski definition) is 10. The van der Waals surface area contributed by atoms with Crippen LogP contribution in [0.1, 0.15) is 25.8 Å². The summed E-state index contributed by atoms with van der Waals surface area (Å²) in [5.74, 6) is -3.29. The number of aliphatic hydroxyl groups is 6. The molecule has 0 aliphatic rings. The first-order valence-corrected chi connectivity index (χ1v) is 11.6. The number of primary amides is 1. The van der Waals surface area contributed by atoms with E-state index < -0.39 is 85.4 Å². The van der Waals surface area contributed by atoms with E-state index in [-0.39, 0.29) is 6.61 Å². The Bertz CT molecular complexity index is 987.